The summed E-state index contributed by atoms with van der Waals surface area (Å²) in [7, 11) is 0. The molecule has 27 heavy (non-hydrogen) atoms. The quantitative estimate of drug-likeness (QED) is 0.711. The number of hydrogen-bond donors (Lipinski definition) is 1. The first kappa shape index (κ1) is 16.8. The Bertz CT molecular complexity index is 1000. The molecule has 0 aliphatic carbocycles. The maximum atomic E-state index is 13.2. The number of para-hydroxylation sites is 1. The summed E-state index contributed by atoms with van der Waals surface area (Å²) in [6, 6.07) is 14.0. The van der Waals surface area contributed by atoms with Crippen LogP contribution in [0.5, 0.6) is 0 Å². The highest BCUT2D eigenvalue weighted by molar-refractivity contribution is 6.07. The van der Waals surface area contributed by atoms with Gasteiger partial charge >= 0.3 is 6.03 Å². The second-order valence-electron chi connectivity index (χ2n) is 6.30. The number of carbonyl (C=O) groups excluding carboxylic acids is 2. The highest BCUT2D eigenvalue weighted by Crippen LogP contribution is 2.29. The fourth-order valence-electron chi connectivity index (χ4n) is 3.03. The first-order chi connectivity index (χ1) is 13.0. The topological polar surface area (TPSA) is 93.0 Å². The normalized spacial score (nSPS) is 19.4. The van der Waals surface area contributed by atoms with E-state index in [0.29, 0.717) is 17.1 Å². The summed E-state index contributed by atoms with van der Waals surface area (Å²) in [5.41, 5.74) is -0.0752. The predicted octanol–water partition coefficient (Wildman–Crippen LogP) is 1.77. The number of carbonyl (C=O) groups is 2. The molecule has 1 saturated heterocycles. The molecular weight excluding hydrogens is 351 g/mol. The largest absolute Gasteiger partial charge is 0.325 e. The first-order valence-electron chi connectivity index (χ1n) is 8.22. The first-order valence-corrected chi connectivity index (χ1v) is 8.22. The third kappa shape index (κ3) is 2.82. The van der Waals surface area contributed by atoms with Gasteiger partial charge in [-0.1, -0.05) is 30.3 Å². The highest BCUT2D eigenvalue weighted by Gasteiger charge is 2.49. The Balaban J connectivity index is 1.63. The van der Waals surface area contributed by atoms with Crippen molar-refractivity contribution in [3.05, 3.63) is 71.8 Å². The van der Waals surface area contributed by atoms with Crippen LogP contribution >= 0.6 is 0 Å². The van der Waals surface area contributed by atoms with Crippen LogP contribution in [0.3, 0.4) is 0 Å². The summed E-state index contributed by atoms with van der Waals surface area (Å²) >= 11 is 0. The third-order valence-electron chi connectivity index (χ3n) is 4.53. The number of halogens is 1. The minimum Gasteiger partial charge on any atom is -0.319 e. The summed E-state index contributed by atoms with van der Waals surface area (Å²) in [6.45, 7) is 1.49. The molecule has 0 bridgehead atoms. The fourth-order valence-corrected chi connectivity index (χ4v) is 3.03. The van der Waals surface area contributed by atoms with Gasteiger partial charge in [-0.2, -0.15) is 4.68 Å². The van der Waals surface area contributed by atoms with Gasteiger partial charge in [0.2, 0.25) is 0 Å². The zero-order chi connectivity index (χ0) is 19.0. The summed E-state index contributed by atoms with van der Waals surface area (Å²) in [5.74, 6) is -0.534. The Kier molecular flexibility index (Phi) is 3.91. The van der Waals surface area contributed by atoms with Crippen LogP contribution in [-0.4, -0.2) is 37.0 Å². The van der Waals surface area contributed by atoms with Crippen LogP contribution in [0.25, 0.3) is 5.69 Å². The van der Waals surface area contributed by atoms with Crippen molar-refractivity contribution in [2.24, 2.45) is 0 Å². The Morgan fingerprint density at radius 2 is 1.78 bits per heavy atom. The number of hydrogen-bond acceptors (Lipinski definition) is 5. The van der Waals surface area contributed by atoms with Crippen molar-refractivity contribution < 1.29 is 14.0 Å². The molecule has 0 radical (unpaired) electrons. The molecule has 1 N–H and O–H groups in total. The molecule has 1 aliphatic rings. The van der Waals surface area contributed by atoms with Gasteiger partial charge in [0.15, 0.2) is 5.82 Å². The molecule has 1 aromatic heterocycles. The minimum atomic E-state index is -1.28. The average Bonchev–Trinajstić information content (AvgIpc) is 3.22. The van der Waals surface area contributed by atoms with Gasteiger partial charge in [0.25, 0.3) is 5.91 Å². The monoisotopic (exact) mass is 366 g/mol. The van der Waals surface area contributed by atoms with Crippen LogP contribution in [0.15, 0.2) is 54.6 Å². The van der Waals surface area contributed by atoms with Crippen LogP contribution in [-0.2, 0) is 16.9 Å². The van der Waals surface area contributed by atoms with E-state index in [1.165, 1.54) is 28.9 Å². The number of aromatic nitrogens is 4. The molecule has 1 fully saturated rings. The molecule has 136 valence electrons. The smallest absolute Gasteiger partial charge is 0.319 e. The van der Waals surface area contributed by atoms with Gasteiger partial charge in [-0.05, 0) is 47.2 Å². The number of tetrazole rings is 1. The Morgan fingerprint density at radius 3 is 2.48 bits per heavy atom. The molecule has 2 aromatic carbocycles. The standard InChI is InChI=1S/C18H15FN6O2/c1-18(12-7-9-13(19)10-8-12)16(26)24(17(27)20-18)11-15-21-22-23-25(15)14-5-3-2-4-6-14/h2-10H,11H2,1H3,(H,20,27). The Hall–Kier alpha value is -3.62. The van der Waals surface area contributed by atoms with E-state index < -0.39 is 23.3 Å². The van der Waals surface area contributed by atoms with Crippen molar-refractivity contribution >= 4 is 11.9 Å². The summed E-state index contributed by atoms with van der Waals surface area (Å²) in [6.07, 6.45) is 0. The molecule has 1 unspecified atom stereocenters. The van der Waals surface area contributed by atoms with Gasteiger partial charge in [-0.15, -0.1) is 5.10 Å². The molecule has 0 spiro atoms. The van der Waals surface area contributed by atoms with Crippen molar-refractivity contribution in [1.29, 1.82) is 0 Å². The third-order valence-corrected chi connectivity index (χ3v) is 4.53. The summed E-state index contributed by atoms with van der Waals surface area (Å²) in [5, 5.41) is 14.2. The van der Waals surface area contributed by atoms with Gasteiger partial charge in [0.05, 0.1) is 12.2 Å². The van der Waals surface area contributed by atoms with Crippen molar-refractivity contribution in [1.82, 2.24) is 30.4 Å². The number of nitrogens with zero attached hydrogens (tertiary/aromatic N) is 5. The maximum absolute atomic E-state index is 13.2. The van der Waals surface area contributed by atoms with E-state index in [4.69, 9.17) is 0 Å². The second-order valence-corrected chi connectivity index (χ2v) is 6.30. The van der Waals surface area contributed by atoms with Gasteiger partial charge in [-0.3, -0.25) is 9.69 Å². The van der Waals surface area contributed by atoms with Crippen molar-refractivity contribution in [3.8, 4) is 5.69 Å². The molecule has 9 heteroatoms. The molecule has 2 heterocycles. The molecule has 4 rings (SSSR count). The number of imide groups is 1. The lowest BCUT2D eigenvalue weighted by molar-refractivity contribution is -0.131. The molecule has 1 atom stereocenters. The number of urea groups is 1. The SMILES string of the molecule is CC1(c2ccc(F)cc2)NC(=O)N(Cc2nnnn2-c2ccccc2)C1=O. The van der Waals surface area contributed by atoms with E-state index in [-0.39, 0.29) is 6.54 Å². The minimum absolute atomic E-state index is 0.0939. The lowest BCUT2D eigenvalue weighted by atomic mass is 9.92. The molecular formula is C18H15FN6O2. The number of benzene rings is 2. The second kappa shape index (κ2) is 6.27. The molecule has 3 amide bonds. The maximum Gasteiger partial charge on any atom is 0.325 e. The molecule has 0 saturated carbocycles. The van der Waals surface area contributed by atoms with Gasteiger partial charge < -0.3 is 5.32 Å². The van der Waals surface area contributed by atoms with Crippen LogP contribution in [0, 0.1) is 5.82 Å². The Labute approximate surface area is 153 Å². The Morgan fingerprint density at radius 1 is 1.07 bits per heavy atom. The molecule has 1 aliphatic heterocycles. The molecule has 3 aromatic rings. The van der Waals surface area contributed by atoms with E-state index in [2.05, 4.69) is 20.8 Å². The lowest BCUT2D eigenvalue weighted by Crippen LogP contribution is -2.40. The van der Waals surface area contributed by atoms with Crippen LogP contribution in [0.1, 0.15) is 18.3 Å². The zero-order valence-electron chi connectivity index (χ0n) is 14.3. The zero-order valence-corrected chi connectivity index (χ0v) is 14.3. The van der Waals surface area contributed by atoms with Crippen LogP contribution in [0.2, 0.25) is 0 Å². The average molecular weight is 366 g/mol. The van der Waals surface area contributed by atoms with E-state index in [1.807, 2.05) is 30.3 Å². The van der Waals surface area contributed by atoms with Crippen molar-refractivity contribution in [2.75, 3.05) is 0 Å². The predicted molar refractivity (Wildman–Crippen MR) is 92.0 cm³/mol. The van der Waals surface area contributed by atoms with Crippen LogP contribution in [0.4, 0.5) is 9.18 Å². The van der Waals surface area contributed by atoms with E-state index in [0.717, 1.165) is 4.90 Å². The lowest BCUT2D eigenvalue weighted by Gasteiger charge is -2.22. The van der Waals surface area contributed by atoms with Gasteiger partial charge in [-0.25, -0.2) is 9.18 Å². The van der Waals surface area contributed by atoms with E-state index >= 15 is 0 Å². The van der Waals surface area contributed by atoms with Gasteiger partial charge in [0, 0.05) is 0 Å². The number of nitrogens with one attached hydrogen (secondary N) is 1. The van der Waals surface area contributed by atoms with E-state index in [1.54, 1.807) is 6.92 Å². The highest BCUT2D eigenvalue weighted by atomic mass is 19.1. The van der Waals surface area contributed by atoms with Crippen LogP contribution < -0.4 is 5.32 Å². The van der Waals surface area contributed by atoms with E-state index in [9.17, 15) is 14.0 Å². The summed E-state index contributed by atoms with van der Waals surface area (Å²) < 4.78 is 14.7. The summed E-state index contributed by atoms with van der Waals surface area (Å²) in [4.78, 5) is 26.5. The van der Waals surface area contributed by atoms with Crippen molar-refractivity contribution in [2.45, 2.75) is 19.0 Å². The number of amides is 3. The van der Waals surface area contributed by atoms with Crippen molar-refractivity contribution in [3.63, 3.8) is 0 Å². The van der Waals surface area contributed by atoms with Gasteiger partial charge in [0.1, 0.15) is 11.4 Å². The number of rotatable bonds is 4. The molecule has 8 nitrogen and oxygen atoms in total. The fraction of sp³-hybridized carbons (Fsp3) is 0.167.